The Morgan fingerprint density at radius 2 is 2.29 bits per heavy atom. The summed E-state index contributed by atoms with van der Waals surface area (Å²) in [5.41, 5.74) is 5.87. The van der Waals surface area contributed by atoms with E-state index in [1.165, 1.54) is 6.07 Å². The summed E-state index contributed by atoms with van der Waals surface area (Å²) >= 11 is 3.25. The van der Waals surface area contributed by atoms with Crippen LogP contribution in [0, 0.1) is 11.8 Å². The van der Waals surface area contributed by atoms with Crippen molar-refractivity contribution in [2.45, 2.75) is 0 Å². The van der Waals surface area contributed by atoms with E-state index in [4.69, 9.17) is 10.8 Å². The zero-order valence-electron chi connectivity index (χ0n) is 7.25. The molecule has 4 heteroatoms. The second kappa shape index (κ2) is 4.80. The van der Waals surface area contributed by atoms with Crippen molar-refractivity contribution in [1.29, 1.82) is 0 Å². The SMILES string of the molecule is NCC#Cc1cc(Br)ccc1C(=O)O. The summed E-state index contributed by atoms with van der Waals surface area (Å²) in [7, 11) is 0. The van der Waals surface area contributed by atoms with Gasteiger partial charge in [0.05, 0.1) is 12.1 Å². The summed E-state index contributed by atoms with van der Waals surface area (Å²) in [5, 5.41) is 8.84. The van der Waals surface area contributed by atoms with Crippen LogP contribution in [0.25, 0.3) is 0 Å². The molecule has 0 aliphatic rings. The Hall–Kier alpha value is -1.31. The lowest BCUT2D eigenvalue weighted by Gasteiger charge is -1.99. The van der Waals surface area contributed by atoms with E-state index in [-0.39, 0.29) is 12.1 Å². The molecule has 0 bridgehead atoms. The van der Waals surface area contributed by atoms with Crippen LogP contribution in [-0.4, -0.2) is 17.6 Å². The Bertz CT molecular complexity index is 418. The summed E-state index contributed by atoms with van der Waals surface area (Å²) in [6.45, 7) is 0.214. The molecule has 0 amide bonds. The van der Waals surface area contributed by atoms with Gasteiger partial charge in [0.1, 0.15) is 0 Å². The highest BCUT2D eigenvalue weighted by molar-refractivity contribution is 9.10. The van der Waals surface area contributed by atoms with E-state index in [2.05, 4.69) is 27.8 Å². The molecule has 0 aliphatic carbocycles. The number of carboxylic acid groups (broad SMARTS) is 1. The van der Waals surface area contributed by atoms with Gasteiger partial charge < -0.3 is 10.8 Å². The number of rotatable bonds is 1. The van der Waals surface area contributed by atoms with Crippen molar-refractivity contribution in [3.63, 3.8) is 0 Å². The molecule has 1 aromatic carbocycles. The van der Waals surface area contributed by atoms with Crippen LogP contribution in [0.3, 0.4) is 0 Å². The van der Waals surface area contributed by atoms with Crippen LogP contribution in [0.1, 0.15) is 15.9 Å². The Morgan fingerprint density at radius 3 is 2.86 bits per heavy atom. The minimum absolute atomic E-state index is 0.189. The van der Waals surface area contributed by atoms with Gasteiger partial charge in [-0.05, 0) is 18.2 Å². The van der Waals surface area contributed by atoms with Crippen LogP contribution in [0.2, 0.25) is 0 Å². The first-order valence-electron chi connectivity index (χ1n) is 3.87. The topological polar surface area (TPSA) is 63.3 Å². The molecule has 3 N–H and O–H groups in total. The van der Waals surface area contributed by atoms with E-state index >= 15 is 0 Å². The van der Waals surface area contributed by atoms with E-state index in [1.54, 1.807) is 12.1 Å². The van der Waals surface area contributed by atoms with Gasteiger partial charge in [0.25, 0.3) is 0 Å². The van der Waals surface area contributed by atoms with Gasteiger partial charge in [-0.2, -0.15) is 0 Å². The van der Waals surface area contributed by atoms with E-state index < -0.39 is 5.97 Å². The number of hydrogen-bond donors (Lipinski definition) is 2. The Kier molecular flexibility index (Phi) is 3.69. The summed E-state index contributed by atoms with van der Waals surface area (Å²) in [6, 6.07) is 4.83. The standard InChI is InChI=1S/C10H8BrNO2/c11-8-3-4-9(10(13)14)7(6-8)2-1-5-12/h3-4,6H,5,12H2,(H,13,14). The fourth-order valence-corrected chi connectivity index (χ4v) is 1.31. The molecule has 0 saturated carbocycles. The van der Waals surface area contributed by atoms with E-state index in [1.807, 2.05) is 0 Å². The number of aromatic carboxylic acids is 1. The summed E-state index contributed by atoms with van der Waals surface area (Å²) in [6.07, 6.45) is 0. The van der Waals surface area contributed by atoms with Crippen molar-refractivity contribution in [2.75, 3.05) is 6.54 Å². The number of hydrogen-bond acceptors (Lipinski definition) is 2. The molecule has 0 atom stereocenters. The number of carbonyl (C=O) groups is 1. The summed E-state index contributed by atoms with van der Waals surface area (Å²) in [5.74, 6) is 4.34. The highest BCUT2D eigenvalue weighted by atomic mass is 79.9. The number of benzene rings is 1. The lowest BCUT2D eigenvalue weighted by atomic mass is 10.1. The maximum Gasteiger partial charge on any atom is 0.336 e. The van der Waals surface area contributed by atoms with Gasteiger partial charge in [0, 0.05) is 10.0 Å². The van der Waals surface area contributed by atoms with E-state index in [9.17, 15) is 4.79 Å². The van der Waals surface area contributed by atoms with Gasteiger partial charge in [-0.25, -0.2) is 4.79 Å². The average Bonchev–Trinajstić information content (AvgIpc) is 2.14. The molecular formula is C10H8BrNO2. The van der Waals surface area contributed by atoms with Crippen molar-refractivity contribution in [2.24, 2.45) is 5.73 Å². The third-order valence-electron chi connectivity index (χ3n) is 1.54. The maximum atomic E-state index is 10.8. The molecule has 72 valence electrons. The van der Waals surface area contributed by atoms with E-state index in [0.29, 0.717) is 5.56 Å². The molecule has 0 spiro atoms. The smallest absolute Gasteiger partial charge is 0.336 e. The van der Waals surface area contributed by atoms with Crippen molar-refractivity contribution >= 4 is 21.9 Å². The first-order valence-corrected chi connectivity index (χ1v) is 4.66. The molecule has 0 aliphatic heterocycles. The van der Waals surface area contributed by atoms with Crippen molar-refractivity contribution < 1.29 is 9.90 Å². The van der Waals surface area contributed by atoms with Crippen molar-refractivity contribution in [3.05, 3.63) is 33.8 Å². The maximum absolute atomic E-state index is 10.8. The van der Waals surface area contributed by atoms with Crippen molar-refractivity contribution in [1.82, 2.24) is 0 Å². The van der Waals surface area contributed by atoms with Gasteiger partial charge in [-0.15, -0.1) is 0 Å². The second-order valence-electron chi connectivity index (χ2n) is 2.50. The molecule has 0 radical (unpaired) electrons. The molecule has 0 aromatic heterocycles. The number of carboxylic acids is 1. The molecule has 0 saturated heterocycles. The highest BCUT2D eigenvalue weighted by Crippen LogP contribution is 2.15. The zero-order valence-corrected chi connectivity index (χ0v) is 8.84. The Morgan fingerprint density at radius 1 is 1.57 bits per heavy atom. The molecule has 0 unspecified atom stereocenters. The largest absolute Gasteiger partial charge is 0.478 e. The quantitative estimate of drug-likeness (QED) is 0.745. The van der Waals surface area contributed by atoms with Crippen LogP contribution in [-0.2, 0) is 0 Å². The predicted octanol–water partition coefficient (Wildman–Crippen LogP) is 1.46. The second-order valence-corrected chi connectivity index (χ2v) is 3.42. The molecule has 0 fully saturated rings. The Balaban J connectivity index is 3.22. The first-order chi connectivity index (χ1) is 6.65. The predicted molar refractivity (Wildman–Crippen MR) is 57.0 cm³/mol. The lowest BCUT2D eigenvalue weighted by molar-refractivity contribution is 0.0696. The minimum atomic E-state index is -0.987. The van der Waals surface area contributed by atoms with Crippen LogP contribution in [0.4, 0.5) is 0 Å². The number of halogens is 1. The highest BCUT2D eigenvalue weighted by Gasteiger charge is 2.07. The van der Waals surface area contributed by atoms with Gasteiger partial charge in [0.15, 0.2) is 0 Å². The fourth-order valence-electron chi connectivity index (χ4n) is 0.953. The summed E-state index contributed by atoms with van der Waals surface area (Å²) in [4.78, 5) is 10.8. The molecule has 1 aromatic rings. The van der Waals surface area contributed by atoms with Crippen LogP contribution in [0.5, 0.6) is 0 Å². The first kappa shape index (κ1) is 10.8. The van der Waals surface area contributed by atoms with Crippen molar-refractivity contribution in [3.8, 4) is 11.8 Å². The Labute approximate surface area is 90.1 Å². The lowest BCUT2D eigenvalue weighted by Crippen LogP contribution is -2.00. The van der Waals surface area contributed by atoms with E-state index in [0.717, 1.165) is 4.47 Å². The average molecular weight is 254 g/mol. The third-order valence-corrected chi connectivity index (χ3v) is 2.03. The molecule has 3 nitrogen and oxygen atoms in total. The molecular weight excluding hydrogens is 246 g/mol. The fraction of sp³-hybridized carbons (Fsp3) is 0.100. The van der Waals surface area contributed by atoms with Gasteiger partial charge in [-0.1, -0.05) is 27.8 Å². The number of nitrogens with two attached hydrogens (primary N) is 1. The van der Waals surface area contributed by atoms with Crippen LogP contribution >= 0.6 is 15.9 Å². The third kappa shape index (κ3) is 2.59. The van der Waals surface area contributed by atoms with Crippen LogP contribution in [0.15, 0.2) is 22.7 Å². The minimum Gasteiger partial charge on any atom is -0.478 e. The van der Waals surface area contributed by atoms with Gasteiger partial charge >= 0.3 is 5.97 Å². The zero-order chi connectivity index (χ0) is 10.6. The molecule has 1 rings (SSSR count). The monoisotopic (exact) mass is 253 g/mol. The van der Waals surface area contributed by atoms with Gasteiger partial charge in [-0.3, -0.25) is 0 Å². The normalized spacial score (nSPS) is 9.00. The molecule has 0 heterocycles. The molecule has 14 heavy (non-hydrogen) atoms. The summed E-state index contributed by atoms with van der Waals surface area (Å²) < 4.78 is 0.795. The van der Waals surface area contributed by atoms with Gasteiger partial charge in [0.2, 0.25) is 0 Å². The van der Waals surface area contributed by atoms with Crippen LogP contribution < -0.4 is 5.73 Å².